The first kappa shape index (κ1) is 18.2. The highest BCUT2D eigenvalue weighted by Gasteiger charge is 2.24. The smallest absolute Gasteiger partial charge is 0.273 e. The van der Waals surface area contributed by atoms with Crippen LogP contribution in [0.5, 0.6) is 0 Å². The highest BCUT2D eigenvalue weighted by atomic mass is 19.1. The van der Waals surface area contributed by atoms with Crippen molar-refractivity contribution in [3.63, 3.8) is 0 Å². The normalized spacial score (nSPS) is 11.8. The fourth-order valence-corrected chi connectivity index (χ4v) is 2.91. The summed E-state index contributed by atoms with van der Waals surface area (Å²) in [5.74, 6) is -0.432. The van der Waals surface area contributed by atoms with Gasteiger partial charge in [-0.25, -0.2) is 9.37 Å². The number of hydrogen-bond acceptors (Lipinski definition) is 4. The molecule has 1 atom stereocenters. The monoisotopic (exact) mass is 368 g/mol. The number of imidazole rings is 1. The van der Waals surface area contributed by atoms with Crippen molar-refractivity contribution in [1.29, 1.82) is 0 Å². The minimum atomic E-state index is -0.716. The van der Waals surface area contributed by atoms with Gasteiger partial charge in [0.15, 0.2) is 0 Å². The van der Waals surface area contributed by atoms with Crippen LogP contribution < -0.4 is 5.32 Å². The molecular weight excluding hydrogens is 351 g/mol. The molecule has 0 aliphatic rings. The fourth-order valence-electron chi connectivity index (χ4n) is 2.91. The van der Waals surface area contributed by atoms with Crippen molar-refractivity contribution in [3.05, 3.63) is 93.3 Å². The standard InChI is InChI=1S/C19H17FN4O3/c1-12-15(7-4-8-16(12)24(26)27)19(25)22-17(18-21-9-10-23(18)2)13-5-3-6-14(20)11-13/h3-11,17H,1-2H3,(H,22,25)/t17-/m1/s1. The summed E-state index contributed by atoms with van der Waals surface area (Å²) in [6.07, 6.45) is 3.29. The van der Waals surface area contributed by atoms with E-state index in [1.807, 2.05) is 0 Å². The van der Waals surface area contributed by atoms with Gasteiger partial charge in [0.2, 0.25) is 0 Å². The molecule has 0 aliphatic heterocycles. The lowest BCUT2D eigenvalue weighted by atomic mass is 10.0. The van der Waals surface area contributed by atoms with E-state index in [1.54, 1.807) is 36.1 Å². The van der Waals surface area contributed by atoms with Gasteiger partial charge in [0.05, 0.1) is 4.92 Å². The van der Waals surface area contributed by atoms with Gasteiger partial charge in [0.25, 0.3) is 11.6 Å². The first-order valence-electron chi connectivity index (χ1n) is 8.16. The predicted molar refractivity (Wildman–Crippen MR) is 96.8 cm³/mol. The summed E-state index contributed by atoms with van der Waals surface area (Å²) in [6.45, 7) is 1.52. The van der Waals surface area contributed by atoms with Crippen molar-refractivity contribution in [3.8, 4) is 0 Å². The lowest BCUT2D eigenvalue weighted by Crippen LogP contribution is -2.31. The summed E-state index contributed by atoms with van der Waals surface area (Å²) in [6, 6.07) is 9.46. The molecule has 2 aromatic carbocycles. The van der Waals surface area contributed by atoms with Gasteiger partial charge in [-0.1, -0.05) is 18.2 Å². The van der Waals surface area contributed by atoms with Crippen molar-refractivity contribution in [1.82, 2.24) is 14.9 Å². The van der Waals surface area contributed by atoms with Crippen molar-refractivity contribution < 1.29 is 14.1 Å². The number of benzene rings is 2. The average Bonchev–Trinajstić information content (AvgIpc) is 3.05. The SMILES string of the molecule is Cc1c(C(=O)N[C@H](c2cccc(F)c2)c2nccn2C)cccc1[N+](=O)[O-]. The van der Waals surface area contributed by atoms with E-state index in [9.17, 15) is 19.3 Å². The molecule has 0 aliphatic carbocycles. The van der Waals surface area contributed by atoms with Crippen LogP contribution in [-0.4, -0.2) is 20.4 Å². The molecule has 1 aromatic heterocycles. The second-order valence-electron chi connectivity index (χ2n) is 6.06. The molecule has 3 rings (SSSR count). The highest BCUT2D eigenvalue weighted by Crippen LogP contribution is 2.25. The van der Waals surface area contributed by atoms with E-state index in [0.717, 1.165) is 0 Å². The van der Waals surface area contributed by atoms with Crippen molar-refractivity contribution in [2.24, 2.45) is 7.05 Å². The van der Waals surface area contributed by atoms with Crippen LogP contribution in [0.15, 0.2) is 54.9 Å². The number of aryl methyl sites for hydroxylation is 1. The maximum Gasteiger partial charge on any atom is 0.273 e. The number of aromatic nitrogens is 2. The summed E-state index contributed by atoms with van der Waals surface area (Å²) < 4.78 is 15.4. The fraction of sp³-hybridized carbons (Fsp3) is 0.158. The molecule has 1 amide bonds. The van der Waals surface area contributed by atoms with Crippen LogP contribution in [0.4, 0.5) is 10.1 Å². The van der Waals surface area contributed by atoms with Crippen LogP contribution in [-0.2, 0) is 7.05 Å². The number of nitro benzene ring substituents is 1. The molecular formula is C19H17FN4O3. The molecule has 0 unspecified atom stereocenters. The summed E-state index contributed by atoms with van der Waals surface area (Å²) >= 11 is 0. The maximum atomic E-state index is 13.7. The largest absolute Gasteiger partial charge is 0.338 e. The average molecular weight is 368 g/mol. The minimum absolute atomic E-state index is 0.137. The number of carbonyl (C=O) groups excluding carboxylic acids is 1. The lowest BCUT2D eigenvalue weighted by molar-refractivity contribution is -0.385. The molecule has 1 N–H and O–H groups in total. The van der Waals surface area contributed by atoms with Crippen LogP contribution in [0, 0.1) is 22.9 Å². The van der Waals surface area contributed by atoms with Gasteiger partial charge in [0.1, 0.15) is 17.7 Å². The molecule has 7 nitrogen and oxygen atoms in total. The number of nitrogens with one attached hydrogen (secondary N) is 1. The maximum absolute atomic E-state index is 13.7. The van der Waals surface area contributed by atoms with Crippen molar-refractivity contribution >= 4 is 11.6 Å². The summed E-state index contributed by atoms with van der Waals surface area (Å²) in [7, 11) is 1.76. The van der Waals surface area contributed by atoms with Gasteiger partial charge < -0.3 is 9.88 Å². The molecule has 27 heavy (non-hydrogen) atoms. The van der Waals surface area contributed by atoms with Crippen LogP contribution in [0.3, 0.4) is 0 Å². The number of nitro groups is 1. The van der Waals surface area contributed by atoms with Gasteiger partial charge in [-0.2, -0.15) is 0 Å². The molecule has 0 fully saturated rings. The van der Waals surface area contributed by atoms with Crippen molar-refractivity contribution in [2.75, 3.05) is 0 Å². The summed E-state index contributed by atoms with van der Waals surface area (Å²) in [5.41, 5.74) is 0.820. The number of halogens is 1. The zero-order valence-corrected chi connectivity index (χ0v) is 14.7. The van der Waals surface area contributed by atoms with E-state index in [4.69, 9.17) is 0 Å². The molecule has 1 heterocycles. The molecule has 0 saturated carbocycles. The minimum Gasteiger partial charge on any atom is -0.338 e. The highest BCUT2D eigenvalue weighted by molar-refractivity contribution is 5.97. The predicted octanol–water partition coefficient (Wildman–Crippen LogP) is 3.30. The summed E-state index contributed by atoms with van der Waals surface area (Å²) in [5, 5.41) is 13.9. The molecule has 3 aromatic rings. The van der Waals surface area contributed by atoms with E-state index in [0.29, 0.717) is 11.4 Å². The Morgan fingerprint density at radius 1 is 1.30 bits per heavy atom. The molecule has 0 saturated heterocycles. The van der Waals surface area contributed by atoms with Crippen LogP contribution in [0.2, 0.25) is 0 Å². The van der Waals surface area contributed by atoms with E-state index in [1.165, 1.54) is 37.3 Å². The first-order chi connectivity index (χ1) is 12.9. The number of rotatable bonds is 5. The third-order valence-corrected chi connectivity index (χ3v) is 4.32. The van der Waals surface area contributed by atoms with Gasteiger partial charge >= 0.3 is 0 Å². The van der Waals surface area contributed by atoms with E-state index >= 15 is 0 Å². The Bertz CT molecular complexity index is 1020. The zero-order valence-electron chi connectivity index (χ0n) is 14.7. The Balaban J connectivity index is 2.01. The van der Waals surface area contributed by atoms with Crippen LogP contribution >= 0.6 is 0 Å². The Morgan fingerprint density at radius 2 is 2.04 bits per heavy atom. The Labute approximate surface area is 154 Å². The quantitative estimate of drug-likeness (QED) is 0.553. The van der Waals surface area contributed by atoms with E-state index in [2.05, 4.69) is 10.3 Å². The van der Waals surface area contributed by atoms with E-state index < -0.39 is 22.7 Å². The number of hydrogen-bond donors (Lipinski definition) is 1. The second kappa shape index (κ2) is 7.36. The van der Waals surface area contributed by atoms with Crippen LogP contribution in [0.1, 0.15) is 33.4 Å². The number of carbonyl (C=O) groups is 1. The third-order valence-electron chi connectivity index (χ3n) is 4.32. The van der Waals surface area contributed by atoms with Gasteiger partial charge in [-0.05, 0) is 30.7 Å². The Hall–Kier alpha value is -3.55. The molecule has 0 spiro atoms. The Morgan fingerprint density at radius 3 is 2.67 bits per heavy atom. The molecule has 138 valence electrons. The van der Waals surface area contributed by atoms with Crippen LogP contribution in [0.25, 0.3) is 0 Å². The van der Waals surface area contributed by atoms with Crippen molar-refractivity contribution in [2.45, 2.75) is 13.0 Å². The number of nitrogens with zero attached hydrogens (tertiary/aromatic N) is 3. The molecule has 0 bridgehead atoms. The topological polar surface area (TPSA) is 90.1 Å². The molecule has 8 heteroatoms. The molecule has 0 radical (unpaired) electrons. The number of amides is 1. The third kappa shape index (κ3) is 3.69. The van der Waals surface area contributed by atoms with Gasteiger partial charge in [-0.15, -0.1) is 0 Å². The van der Waals surface area contributed by atoms with E-state index in [-0.39, 0.29) is 16.8 Å². The summed E-state index contributed by atoms with van der Waals surface area (Å²) in [4.78, 5) is 27.7. The van der Waals surface area contributed by atoms with Gasteiger partial charge in [0, 0.05) is 36.6 Å². The lowest BCUT2D eigenvalue weighted by Gasteiger charge is -2.20. The van der Waals surface area contributed by atoms with Gasteiger partial charge in [-0.3, -0.25) is 14.9 Å². The first-order valence-corrected chi connectivity index (χ1v) is 8.16. The Kier molecular flexibility index (Phi) is 4.98. The zero-order chi connectivity index (χ0) is 19.6. The second-order valence-corrected chi connectivity index (χ2v) is 6.06.